The van der Waals surface area contributed by atoms with Gasteiger partial charge in [-0.3, -0.25) is 14.4 Å². The van der Waals surface area contributed by atoms with Crippen molar-refractivity contribution in [3.05, 3.63) is 130 Å². The molecule has 2 aromatic heterocycles. The molecule has 6 rings (SSSR count). The molecule has 0 atom stereocenters. The molecule has 0 spiro atoms. The maximum absolute atomic E-state index is 12.8. The minimum Gasteiger partial charge on any atom is -0.298 e. The molecule has 0 aliphatic heterocycles. The van der Waals surface area contributed by atoms with Gasteiger partial charge in [-0.05, 0) is 58.5 Å². The van der Waals surface area contributed by atoms with Crippen molar-refractivity contribution < 1.29 is 14.4 Å². The highest BCUT2D eigenvalue weighted by molar-refractivity contribution is 7.10. The predicted molar refractivity (Wildman–Crippen MR) is 180 cm³/mol. The van der Waals surface area contributed by atoms with Gasteiger partial charge in [0.1, 0.15) is 0 Å². The van der Waals surface area contributed by atoms with Crippen molar-refractivity contribution in [3.63, 3.8) is 0 Å². The summed E-state index contributed by atoms with van der Waals surface area (Å²) in [6.45, 7) is 0. The molecule has 0 bridgehead atoms. The summed E-state index contributed by atoms with van der Waals surface area (Å²) in [6.07, 6.45) is 0.871. The lowest BCUT2D eigenvalue weighted by Gasteiger charge is -2.15. The van der Waals surface area contributed by atoms with Crippen molar-refractivity contribution in [1.82, 2.24) is 13.8 Å². The van der Waals surface area contributed by atoms with Crippen molar-refractivity contribution in [2.24, 2.45) is 0 Å². The van der Waals surface area contributed by atoms with Gasteiger partial charge in [-0.1, -0.05) is 108 Å². The number of rotatable bonds is 7. The zero-order valence-electron chi connectivity index (χ0n) is 23.6. The van der Waals surface area contributed by atoms with Gasteiger partial charge in [0.05, 0.1) is 39.4 Å². The topological polar surface area (TPSA) is 72.4 Å². The number of hydrogen-bond acceptors (Lipinski definition) is 7. The van der Waals surface area contributed by atoms with Crippen LogP contribution in [0, 0.1) is 0 Å². The largest absolute Gasteiger partial charge is 0.298 e. The Morgan fingerprint density at radius 1 is 0.682 bits per heavy atom. The zero-order valence-corrected chi connectivity index (χ0v) is 26.8. The third-order valence-electron chi connectivity index (χ3n) is 6.62. The van der Waals surface area contributed by atoms with Gasteiger partial charge in [0.15, 0.2) is 6.29 Å². The second-order valence-electron chi connectivity index (χ2n) is 9.36. The quantitative estimate of drug-likeness (QED) is 0.126. The van der Waals surface area contributed by atoms with E-state index in [0.29, 0.717) is 32.6 Å². The molecule has 0 fully saturated rings. The first-order chi connectivity index (χ1) is 21.4. The second-order valence-corrected chi connectivity index (χ2v) is 11.8. The van der Waals surface area contributed by atoms with Crippen molar-refractivity contribution in [1.29, 1.82) is 0 Å². The first kappa shape index (κ1) is 31.3. The molecule has 0 aliphatic rings. The molecule has 0 unspecified atom stereocenters. The molecule has 4 aromatic carbocycles. The van der Waals surface area contributed by atoms with E-state index in [1.807, 2.05) is 84.9 Å². The van der Waals surface area contributed by atoms with Crippen LogP contribution >= 0.6 is 46.3 Å². The molecular formula is C34H25Cl2N3O3S2. The minimum atomic E-state index is -0.241. The Hall–Kier alpha value is -4.18. The third kappa shape index (κ3) is 6.96. The molecule has 1 amide bonds. The van der Waals surface area contributed by atoms with Crippen LogP contribution in [0.2, 0.25) is 10.0 Å². The monoisotopic (exact) mass is 657 g/mol. The number of halogens is 2. The lowest BCUT2D eigenvalue weighted by atomic mass is 10.0. The molecular weight excluding hydrogens is 633 g/mol. The lowest BCUT2D eigenvalue weighted by molar-refractivity contribution is -0.0755. The molecule has 2 heterocycles. The normalized spacial score (nSPS) is 10.5. The number of carbonyl (C=O) groups excluding carboxylic acids is 2. The maximum Gasteiger partial charge on any atom is 0.280 e. The van der Waals surface area contributed by atoms with Crippen molar-refractivity contribution >= 4 is 58.5 Å². The summed E-state index contributed by atoms with van der Waals surface area (Å²) in [7, 11) is 3.04. The van der Waals surface area contributed by atoms with Crippen molar-refractivity contribution in [2.75, 3.05) is 14.2 Å². The summed E-state index contributed by atoms with van der Waals surface area (Å²) >= 11 is 14.5. The van der Waals surface area contributed by atoms with Gasteiger partial charge in [-0.25, -0.2) is 5.06 Å². The number of nitrogens with zero attached hydrogens (tertiary/aromatic N) is 3. The van der Waals surface area contributed by atoms with Gasteiger partial charge >= 0.3 is 0 Å². The van der Waals surface area contributed by atoms with E-state index >= 15 is 0 Å². The Bertz CT molecular complexity index is 1860. The summed E-state index contributed by atoms with van der Waals surface area (Å²) in [5.41, 5.74) is 6.18. The van der Waals surface area contributed by atoms with E-state index in [1.165, 1.54) is 35.2 Å². The summed E-state index contributed by atoms with van der Waals surface area (Å²) in [6, 6.07) is 34.2. The van der Waals surface area contributed by atoms with E-state index in [0.717, 1.165) is 38.3 Å². The van der Waals surface area contributed by atoms with Crippen LogP contribution in [-0.2, 0) is 4.84 Å². The van der Waals surface area contributed by atoms with Crippen LogP contribution in [0.15, 0.2) is 109 Å². The molecule has 220 valence electrons. The summed E-state index contributed by atoms with van der Waals surface area (Å²) < 4.78 is 8.96. The second kappa shape index (κ2) is 14.5. The molecule has 10 heteroatoms. The van der Waals surface area contributed by atoms with E-state index in [4.69, 9.17) is 28.0 Å². The molecule has 6 aromatic rings. The number of benzene rings is 4. The van der Waals surface area contributed by atoms with Gasteiger partial charge < -0.3 is 0 Å². The van der Waals surface area contributed by atoms with Gasteiger partial charge in [-0.2, -0.15) is 8.75 Å². The standard InChI is InChI=1S/C18H15ClN2O2S.C16H10ClNOS/c1-21(23-2)18(22)15-16(12-8-10-14(19)11-9-12)20-24-17(15)13-6-4-3-5-7-13;17-13-8-6-11(7-9-13)15-14(10-19)16(20-18-15)12-4-2-1-3-5-12/h3-11H,1-2H3;1-10H. The van der Waals surface area contributed by atoms with E-state index in [1.54, 1.807) is 31.3 Å². The Kier molecular flexibility index (Phi) is 10.3. The van der Waals surface area contributed by atoms with Gasteiger partial charge in [0, 0.05) is 28.2 Å². The van der Waals surface area contributed by atoms with Crippen LogP contribution in [0.3, 0.4) is 0 Å². The number of amides is 1. The average molecular weight is 659 g/mol. The van der Waals surface area contributed by atoms with Gasteiger partial charge in [0.25, 0.3) is 5.91 Å². The Balaban J connectivity index is 0.000000177. The highest BCUT2D eigenvalue weighted by Gasteiger charge is 2.25. The van der Waals surface area contributed by atoms with Crippen LogP contribution in [-0.4, -0.2) is 40.2 Å². The number of aromatic nitrogens is 2. The van der Waals surface area contributed by atoms with Gasteiger partial charge in [-0.15, -0.1) is 0 Å². The van der Waals surface area contributed by atoms with Gasteiger partial charge in [0.2, 0.25) is 0 Å². The predicted octanol–water partition coefficient (Wildman–Crippen LogP) is 9.71. The Morgan fingerprint density at radius 3 is 1.64 bits per heavy atom. The van der Waals surface area contributed by atoms with E-state index in [2.05, 4.69) is 8.75 Å². The number of aldehydes is 1. The van der Waals surface area contributed by atoms with Crippen LogP contribution in [0.5, 0.6) is 0 Å². The van der Waals surface area contributed by atoms with Crippen molar-refractivity contribution in [2.45, 2.75) is 0 Å². The summed E-state index contributed by atoms with van der Waals surface area (Å²) in [5, 5.41) is 2.51. The SMILES string of the molecule is CON(C)C(=O)c1c(-c2ccc(Cl)cc2)nsc1-c1ccccc1.O=Cc1c(-c2ccc(Cl)cc2)nsc1-c1ccccc1. The first-order valence-corrected chi connectivity index (χ1v) is 15.6. The summed E-state index contributed by atoms with van der Waals surface area (Å²) in [4.78, 5) is 31.1. The van der Waals surface area contributed by atoms with E-state index < -0.39 is 0 Å². The third-order valence-corrected chi connectivity index (χ3v) is 8.93. The van der Waals surface area contributed by atoms with Crippen LogP contribution in [0.1, 0.15) is 20.7 Å². The fourth-order valence-electron chi connectivity index (χ4n) is 4.34. The molecule has 0 saturated heterocycles. The summed E-state index contributed by atoms with van der Waals surface area (Å²) in [5.74, 6) is -0.241. The van der Waals surface area contributed by atoms with E-state index in [-0.39, 0.29) is 5.91 Å². The van der Waals surface area contributed by atoms with Crippen molar-refractivity contribution in [3.8, 4) is 43.4 Å². The highest BCUT2D eigenvalue weighted by atomic mass is 35.5. The molecule has 44 heavy (non-hydrogen) atoms. The number of hydrogen-bond donors (Lipinski definition) is 0. The maximum atomic E-state index is 12.8. The fraction of sp³-hybridized carbons (Fsp3) is 0.0588. The highest BCUT2D eigenvalue weighted by Crippen LogP contribution is 2.37. The lowest BCUT2D eigenvalue weighted by Crippen LogP contribution is -2.26. The smallest absolute Gasteiger partial charge is 0.280 e. The molecule has 6 nitrogen and oxygen atoms in total. The minimum absolute atomic E-state index is 0.241. The average Bonchev–Trinajstić information content (AvgIpc) is 3.71. The first-order valence-electron chi connectivity index (χ1n) is 13.3. The molecule has 0 radical (unpaired) electrons. The molecule has 0 saturated carbocycles. The van der Waals surface area contributed by atoms with E-state index in [9.17, 15) is 9.59 Å². The van der Waals surface area contributed by atoms with Crippen LogP contribution in [0.25, 0.3) is 43.4 Å². The zero-order chi connectivity index (χ0) is 31.1. The van der Waals surface area contributed by atoms with Crippen LogP contribution in [0.4, 0.5) is 0 Å². The Labute approximate surface area is 273 Å². The fourth-order valence-corrected chi connectivity index (χ4v) is 6.36. The number of hydroxylamine groups is 2. The Morgan fingerprint density at radius 2 is 1.14 bits per heavy atom. The molecule has 0 N–H and O–H groups in total. The number of carbonyl (C=O) groups is 2. The molecule has 0 aliphatic carbocycles. The van der Waals surface area contributed by atoms with Crippen LogP contribution < -0.4 is 0 Å².